The van der Waals surface area contributed by atoms with Crippen molar-refractivity contribution in [1.82, 2.24) is 9.80 Å². The van der Waals surface area contributed by atoms with Crippen LogP contribution in [-0.4, -0.2) is 61.1 Å². The van der Waals surface area contributed by atoms with E-state index in [1.807, 2.05) is 0 Å². The van der Waals surface area contributed by atoms with E-state index in [9.17, 15) is 13.2 Å². The second-order valence-corrected chi connectivity index (χ2v) is 7.98. The maximum absolute atomic E-state index is 12.0. The van der Waals surface area contributed by atoms with Crippen molar-refractivity contribution in [3.8, 4) is 0 Å². The second kappa shape index (κ2) is 4.43. The number of rotatable bonds is 2. The molecule has 6 nitrogen and oxygen atoms in total. The molecule has 0 aromatic rings. The quantitative estimate of drug-likeness (QED) is 0.742. The molecule has 3 fully saturated rings. The fourth-order valence-corrected chi connectivity index (χ4v) is 4.65. The first-order chi connectivity index (χ1) is 8.86. The standard InChI is InChI=1S/C12H21N3O3S/c1-14-8-2-3-9(14)5-10(4-8)15-7-11(6-12(15)16)19(13,17)18/h8-11H,2-7H2,1H3,(H2,13,17,18). The van der Waals surface area contributed by atoms with Gasteiger partial charge in [0.05, 0.1) is 0 Å². The molecule has 7 heteroatoms. The summed E-state index contributed by atoms with van der Waals surface area (Å²) in [6.45, 7) is 0.283. The fraction of sp³-hybridized carbons (Fsp3) is 0.917. The summed E-state index contributed by atoms with van der Waals surface area (Å²) in [5.74, 6) is -0.0482. The molecule has 1 amide bonds. The maximum Gasteiger partial charge on any atom is 0.224 e. The highest BCUT2D eigenvalue weighted by atomic mass is 32.2. The average Bonchev–Trinajstić information content (AvgIpc) is 2.77. The van der Waals surface area contributed by atoms with Gasteiger partial charge in [-0.1, -0.05) is 0 Å². The topological polar surface area (TPSA) is 83.7 Å². The highest BCUT2D eigenvalue weighted by molar-refractivity contribution is 7.89. The molecule has 3 rings (SSSR count). The summed E-state index contributed by atoms with van der Waals surface area (Å²) in [6, 6.07) is 1.29. The van der Waals surface area contributed by atoms with E-state index in [-0.39, 0.29) is 24.9 Å². The number of nitrogens with two attached hydrogens (primary N) is 1. The number of primary sulfonamides is 1. The van der Waals surface area contributed by atoms with E-state index in [1.54, 1.807) is 4.90 Å². The third kappa shape index (κ3) is 2.28. The Morgan fingerprint density at radius 1 is 1.16 bits per heavy atom. The summed E-state index contributed by atoms with van der Waals surface area (Å²) < 4.78 is 22.8. The van der Waals surface area contributed by atoms with Gasteiger partial charge >= 0.3 is 0 Å². The summed E-state index contributed by atoms with van der Waals surface area (Å²) in [5, 5.41) is 4.46. The van der Waals surface area contributed by atoms with Crippen molar-refractivity contribution in [2.75, 3.05) is 13.6 Å². The maximum atomic E-state index is 12.0. The lowest BCUT2D eigenvalue weighted by atomic mass is 9.97. The molecule has 0 radical (unpaired) electrons. The van der Waals surface area contributed by atoms with Crippen LogP contribution in [0.2, 0.25) is 0 Å². The molecular weight excluding hydrogens is 266 g/mol. The molecule has 0 aliphatic carbocycles. The van der Waals surface area contributed by atoms with E-state index in [0.29, 0.717) is 12.1 Å². The normalized spacial score (nSPS) is 40.1. The minimum atomic E-state index is -3.60. The molecule has 3 atom stereocenters. The van der Waals surface area contributed by atoms with Crippen molar-refractivity contribution in [1.29, 1.82) is 0 Å². The fourth-order valence-electron chi connectivity index (χ4n) is 3.91. The summed E-state index contributed by atoms with van der Waals surface area (Å²) >= 11 is 0. The van der Waals surface area contributed by atoms with Gasteiger partial charge in [0, 0.05) is 31.1 Å². The van der Waals surface area contributed by atoms with Crippen molar-refractivity contribution in [2.45, 2.75) is 55.5 Å². The van der Waals surface area contributed by atoms with Gasteiger partial charge in [0.15, 0.2) is 0 Å². The molecule has 3 aliphatic rings. The van der Waals surface area contributed by atoms with Gasteiger partial charge in [0.25, 0.3) is 0 Å². The highest BCUT2D eigenvalue weighted by Gasteiger charge is 2.45. The molecule has 108 valence electrons. The van der Waals surface area contributed by atoms with Crippen molar-refractivity contribution >= 4 is 15.9 Å². The van der Waals surface area contributed by atoms with Gasteiger partial charge in [0.2, 0.25) is 15.9 Å². The van der Waals surface area contributed by atoms with Crippen molar-refractivity contribution in [2.24, 2.45) is 5.14 Å². The number of nitrogens with zero attached hydrogens (tertiary/aromatic N) is 2. The lowest BCUT2D eigenvalue weighted by molar-refractivity contribution is -0.130. The van der Waals surface area contributed by atoms with Crippen molar-refractivity contribution in [3.63, 3.8) is 0 Å². The molecule has 0 aromatic heterocycles. The lowest BCUT2D eigenvalue weighted by Crippen LogP contribution is -2.49. The van der Waals surface area contributed by atoms with E-state index >= 15 is 0 Å². The van der Waals surface area contributed by atoms with Gasteiger partial charge in [0.1, 0.15) is 5.25 Å². The van der Waals surface area contributed by atoms with Crippen LogP contribution in [0.3, 0.4) is 0 Å². The number of hydrogen-bond donors (Lipinski definition) is 1. The van der Waals surface area contributed by atoms with E-state index in [0.717, 1.165) is 12.8 Å². The average molecular weight is 287 g/mol. The van der Waals surface area contributed by atoms with Crippen LogP contribution in [0.4, 0.5) is 0 Å². The molecular formula is C12H21N3O3S. The number of sulfonamides is 1. The zero-order chi connectivity index (χ0) is 13.8. The van der Waals surface area contributed by atoms with Gasteiger partial charge in [-0.05, 0) is 32.7 Å². The Morgan fingerprint density at radius 2 is 1.74 bits per heavy atom. The molecule has 3 saturated heterocycles. The molecule has 3 unspecified atom stereocenters. The summed E-state index contributed by atoms with van der Waals surface area (Å²) in [4.78, 5) is 16.2. The molecule has 0 saturated carbocycles. The molecule has 0 aromatic carbocycles. The zero-order valence-corrected chi connectivity index (χ0v) is 12.0. The molecule has 0 spiro atoms. The number of fused-ring (bicyclic) bond motifs is 2. The number of likely N-dealkylation sites (tertiary alicyclic amines) is 1. The Kier molecular flexibility index (Phi) is 3.11. The van der Waals surface area contributed by atoms with Crippen LogP contribution in [0.25, 0.3) is 0 Å². The second-order valence-electron chi connectivity index (χ2n) is 6.14. The van der Waals surface area contributed by atoms with Gasteiger partial charge in [-0.2, -0.15) is 0 Å². The number of amides is 1. The van der Waals surface area contributed by atoms with Gasteiger partial charge in [-0.15, -0.1) is 0 Å². The molecule has 19 heavy (non-hydrogen) atoms. The monoisotopic (exact) mass is 287 g/mol. The first-order valence-electron chi connectivity index (χ1n) is 6.89. The van der Waals surface area contributed by atoms with Crippen molar-refractivity contribution in [3.05, 3.63) is 0 Å². The minimum absolute atomic E-state index is 0.0482. The smallest absolute Gasteiger partial charge is 0.224 e. The van der Waals surface area contributed by atoms with E-state index in [2.05, 4.69) is 11.9 Å². The Balaban J connectivity index is 1.72. The SMILES string of the molecule is CN1C2CCC1CC(N1CC(S(N)(=O)=O)CC1=O)C2. The molecule has 2 bridgehead atoms. The largest absolute Gasteiger partial charge is 0.338 e. The number of hydrogen-bond acceptors (Lipinski definition) is 4. The van der Waals surface area contributed by atoms with Gasteiger partial charge in [-0.3, -0.25) is 4.79 Å². The summed E-state index contributed by atoms with van der Waals surface area (Å²) in [5.41, 5.74) is 0. The van der Waals surface area contributed by atoms with Crippen LogP contribution in [0.1, 0.15) is 32.1 Å². The predicted molar refractivity (Wildman–Crippen MR) is 70.8 cm³/mol. The van der Waals surface area contributed by atoms with Crippen LogP contribution in [0, 0.1) is 0 Å². The molecule has 3 heterocycles. The van der Waals surface area contributed by atoms with Crippen LogP contribution in [0.15, 0.2) is 0 Å². The third-order valence-electron chi connectivity index (χ3n) is 5.10. The number of carbonyl (C=O) groups excluding carboxylic acids is 1. The summed E-state index contributed by atoms with van der Waals surface area (Å²) in [6.07, 6.45) is 4.38. The first kappa shape index (κ1) is 13.3. The Labute approximate surface area is 114 Å². The first-order valence-corrected chi connectivity index (χ1v) is 8.50. The van der Waals surface area contributed by atoms with Crippen LogP contribution in [0.5, 0.6) is 0 Å². The Bertz CT molecular complexity index is 478. The number of piperidine rings is 1. The van der Waals surface area contributed by atoms with Crippen LogP contribution >= 0.6 is 0 Å². The minimum Gasteiger partial charge on any atom is -0.338 e. The number of carbonyl (C=O) groups is 1. The zero-order valence-electron chi connectivity index (χ0n) is 11.2. The van der Waals surface area contributed by atoms with Gasteiger partial charge in [-0.25, -0.2) is 13.6 Å². The lowest BCUT2D eigenvalue weighted by Gasteiger charge is -2.40. The molecule has 3 aliphatic heterocycles. The van der Waals surface area contributed by atoms with Gasteiger partial charge < -0.3 is 9.80 Å². The highest BCUT2D eigenvalue weighted by Crippen LogP contribution is 2.37. The third-order valence-corrected chi connectivity index (χ3v) is 6.35. The van der Waals surface area contributed by atoms with Crippen LogP contribution in [-0.2, 0) is 14.8 Å². The van der Waals surface area contributed by atoms with Crippen LogP contribution < -0.4 is 5.14 Å². The Hall–Kier alpha value is -0.660. The van der Waals surface area contributed by atoms with Crippen molar-refractivity contribution < 1.29 is 13.2 Å². The van der Waals surface area contributed by atoms with E-state index in [4.69, 9.17) is 5.14 Å². The molecule has 2 N–H and O–H groups in total. The summed E-state index contributed by atoms with van der Waals surface area (Å²) in [7, 11) is -1.45. The Morgan fingerprint density at radius 3 is 2.21 bits per heavy atom. The van der Waals surface area contributed by atoms with E-state index in [1.165, 1.54) is 12.8 Å². The van der Waals surface area contributed by atoms with E-state index < -0.39 is 15.3 Å². The predicted octanol–water partition coefficient (Wildman–Crippen LogP) is -0.499.